The van der Waals surface area contributed by atoms with E-state index >= 15 is 0 Å². The van der Waals surface area contributed by atoms with Crippen molar-refractivity contribution in [1.29, 1.82) is 0 Å². The number of hydrogen-bond donors (Lipinski definition) is 0. The molecule has 3 aromatic rings. The molecule has 0 saturated heterocycles. The van der Waals surface area contributed by atoms with Crippen molar-refractivity contribution in [2.24, 2.45) is 0 Å². The van der Waals surface area contributed by atoms with E-state index in [1.54, 1.807) is 10.4 Å². The highest BCUT2D eigenvalue weighted by Crippen LogP contribution is 2.13. The molecule has 23 heavy (non-hydrogen) atoms. The van der Waals surface area contributed by atoms with Gasteiger partial charge in [0.2, 0.25) is 0 Å². The van der Waals surface area contributed by atoms with E-state index in [0.717, 1.165) is 5.16 Å². The summed E-state index contributed by atoms with van der Waals surface area (Å²) in [5.74, 6) is 0. The van der Waals surface area contributed by atoms with Gasteiger partial charge in [0.25, 0.3) is 0 Å². The predicted molar refractivity (Wildman–Crippen MR) is 108 cm³/mol. The summed E-state index contributed by atoms with van der Waals surface area (Å²) in [5.41, 5.74) is 1.49. The fraction of sp³-hybridized carbons (Fsp3) is 0.143. The van der Waals surface area contributed by atoms with Crippen LogP contribution < -0.4 is 10.4 Å². The van der Waals surface area contributed by atoms with Crippen LogP contribution >= 0.6 is 0 Å². The lowest BCUT2D eigenvalue weighted by atomic mass is 10.1. The molecule has 0 N–H and O–H groups in total. The molecule has 0 aromatic heterocycles. The number of aryl methyl sites for hydroxylation is 1. The standard InChI is InChI=1S/C21H24Si2/c1-4-10-18(11-5-1)16-17-21(22-19-12-6-2-7-13-19)23-20-14-8-3-9-15-20/h1-15,21H,16-17,22-23H2. The van der Waals surface area contributed by atoms with Crippen molar-refractivity contribution in [3.8, 4) is 0 Å². The van der Waals surface area contributed by atoms with Gasteiger partial charge >= 0.3 is 0 Å². The molecule has 3 aromatic carbocycles. The third-order valence-electron chi connectivity index (χ3n) is 4.42. The van der Waals surface area contributed by atoms with Crippen molar-refractivity contribution in [2.45, 2.75) is 18.0 Å². The zero-order valence-corrected chi connectivity index (χ0v) is 16.4. The Bertz CT molecular complexity index is 639. The monoisotopic (exact) mass is 332 g/mol. The summed E-state index contributed by atoms with van der Waals surface area (Å²) in [5, 5.41) is 4.20. The van der Waals surface area contributed by atoms with Gasteiger partial charge in [-0.15, -0.1) is 0 Å². The van der Waals surface area contributed by atoms with E-state index in [0.29, 0.717) is 0 Å². The van der Waals surface area contributed by atoms with Crippen LogP contribution in [0.3, 0.4) is 0 Å². The van der Waals surface area contributed by atoms with E-state index in [9.17, 15) is 0 Å². The third-order valence-corrected chi connectivity index (χ3v) is 10.0. The molecular weight excluding hydrogens is 308 g/mol. The molecule has 0 heterocycles. The molecule has 0 fully saturated rings. The van der Waals surface area contributed by atoms with Crippen LogP contribution in [0.4, 0.5) is 0 Å². The van der Waals surface area contributed by atoms with Crippen LogP contribution in [-0.4, -0.2) is 19.0 Å². The average Bonchev–Trinajstić information content (AvgIpc) is 2.62. The Hall–Kier alpha value is -1.91. The normalized spacial score (nSPS) is 13.0. The maximum Gasteiger partial charge on any atom is 0.0550 e. The Morgan fingerprint density at radius 3 is 1.48 bits per heavy atom. The second-order valence-corrected chi connectivity index (χ2v) is 12.2. The highest BCUT2D eigenvalue weighted by Gasteiger charge is 2.12. The largest absolute Gasteiger partial charge is 0.0669 e. The highest BCUT2D eigenvalue weighted by molar-refractivity contribution is 6.73. The van der Waals surface area contributed by atoms with E-state index < -0.39 is 0 Å². The Morgan fingerprint density at radius 1 is 0.565 bits per heavy atom. The van der Waals surface area contributed by atoms with Gasteiger partial charge in [0.05, 0.1) is 19.0 Å². The minimum absolute atomic E-state index is 0.195. The fourth-order valence-corrected chi connectivity index (χ4v) is 9.00. The van der Waals surface area contributed by atoms with Crippen molar-refractivity contribution in [1.82, 2.24) is 0 Å². The summed E-state index contributed by atoms with van der Waals surface area (Å²) in [7, 11) is -0.391. The second-order valence-electron chi connectivity index (χ2n) is 6.27. The molecule has 2 heteroatoms. The van der Waals surface area contributed by atoms with Gasteiger partial charge in [-0.05, 0) is 12.0 Å². The maximum absolute atomic E-state index is 2.33. The lowest BCUT2D eigenvalue weighted by Gasteiger charge is -2.16. The number of hydrogen-bond acceptors (Lipinski definition) is 0. The predicted octanol–water partition coefficient (Wildman–Crippen LogP) is 2.35. The van der Waals surface area contributed by atoms with E-state index in [1.807, 2.05) is 0 Å². The van der Waals surface area contributed by atoms with Crippen molar-refractivity contribution in [2.75, 3.05) is 0 Å². The highest BCUT2D eigenvalue weighted by atomic mass is 28.3. The van der Waals surface area contributed by atoms with Crippen LogP contribution in [-0.2, 0) is 6.42 Å². The first-order valence-electron chi connectivity index (χ1n) is 8.52. The smallest absolute Gasteiger partial charge is 0.0550 e. The molecule has 0 unspecified atom stereocenters. The maximum atomic E-state index is 2.33. The molecule has 0 saturated carbocycles. The summed E-state index contributed by atoms with van der Waals surface area (Å²) in [6.07, 6.45) is 2.58. The zero-order valence-electron chi connectivity index (χ0n) is 13.6. The first-order valence-corrected chi connectivity index (χ1v) is 11.6. The third kappa shape index (κ3) is 5.34. The molecule has 0 nitrogen and oxygen atoms in total. The lowest BCUT2D eigenvalue weighted by molar-refractivity contribution is 0.877. The second kappa shape index (κ2) is 8.65. The minimum Gasteiger partial charge on any atom is -0.0669 e. The molecule has 0 bridgehead atoms. The van der Waals surface area contributed by atoms with Gasteiger partial charge < -0.3 is 0 Å². The molecule has 0 aliphatic carbocycles. The van der Waals surface area contributed by atoms with Crippen LogP contribution in [0.2, 0.25) is 5.16 Å². The molecule has 0 aliphatic rings. The average molecular weight is 333 g/mol. The molecule has 0 atom stereocenters. The summed E-state index contributed by atoms with van der Waals surface area (Å²) in [4.78, 5) is 0. The molecule has 116 valence electrons. The molecule has 3 rings (SSSR count). The van der Waals surface area contributed by atoms with Crippen molar-refractivity contribution in [3.05, 3.63) is 96.6 Å². The SMILES string of the molecule is c1ccc(CCC([SiH2]c2ccccc2)[SiH2]c2ccccc2)cc1. The van der Waals surface area contributed by atoms with Crippen molar-refractivity contribution < 1.29 is 0 Å². The fourth-order valence-electron chi connectivity index (χ4n) is 3.19. The van der Waals surface area contributed by atoms with E-state index in [4.69, 9.17) is 0 Å². The molecule has 0 aliphatic heterocycles. The van der Waals surface area contributed by atoms with Crippen LogP contribution in [0.25, 0.3) is 0 Å². The van der Waals surface area contributed by atoms with E-state index in [1.165, 1.54) is 18.4 Å². The van der Waals surface area contributed by atoms with Crippen LogP contribution in [0.5, 0.6) is 0 Å². The Kier molecular flexibility index (Phi) is 6.01. The van der Waals surface area contributed by atoms with Gasteiger partial charge in [0.15, 0.2) is 0 Å². The summed E-state index contributed by atoms with van der Waals surface area (Å²) in [6.45, 7) is 0. The van der Waals surface area contributed by atoms with Crippen molar-refractivity contribution >= 4 is 29.4 Å². The first kappa shape index (κ1) is 16.0. The topological polar surface area (TPSA) is 0 Å². The Morgan fingerprint density at radius 2 is 1.00 bits per heavy atom. The first-order chi connectivity index (χ1) is 11.4. The summed E-state index contributed by atoms with van der Waals surface area (Å²) in [6, 6.07) is 33.3. The summed E-state index contributed by atoms with van der Waals surface area (Å²) < 4.78 is 0. The number of rotatable bonds is 7. The van der Waals surface area contributed by atoms with Crippen LogP contribution in [0.15, 0.2) is 91.0 Å². The van der Waals surface area contributed by atoms with E-state index in [2.05, 4.69) is 91.0 Å². The van der Waals surface area contributed by atoms with Crippen molar-refractivity contribution in [3.63, 3.8) is 0 Å². The molecule has 0 amide bonds. The van der Waals surface area contributed by atoms with Gasteiger partial charge in [-0.2, -0.15) is 0 Å². The van der Waals surface area contributed by atoms with Crippen LogP contribution in [0, 0.1) is 0 Å². The zero-order chi connectivity index (χ0) is 15.7. The molecule has 0 radical (unpaired) electrons. The Labute approximate surface area is 144 Å². The van der Waals surface area contributed by atoms with Gasteiger partial charge in [-0.1, -0.05) is 113 Å². The van der Waals surface area contributed by atoms with Gasteiger partial charge in [0, 0.05) is 0 Å². The Balaban J connectivity index is 1.67. The number of benzene rings is 3. The van der Waals surface area contributed by atoms with Gasteiger partial charge in [-0.25, -0.2) is 0 Å². The molecular formula is C21H24Si2. The van der Waals surface area contributed by atoms with Gasteiger partial charge in [-0.3, -0.25) is 0 Å². The lowest BCUT2D eigenvalue weighted by Crippen LogP contribution is -2.29. The summed E-state index contributed by atoms with van der Waals surface area (Å²) >= 11 is 0. The van der Waals surface area contributed by atoms with Crippen LogP contribution in [0.1, 0.15) is 12.0 Å². The minimum atomic E-state index is -0.195. The molecule has 0 spiro atoms. The quantitative estimate of drug-likeness (QED) is 0.583. The van der Waals surface area contributed by atoms with Gasteiger partial charge in [0.1, 0.15) is 0 Å². The van der Waals surface area contributed by atoms with E-state index in [-0.39, 0.29) is 19.0 Å².